The van der Waals surface area contributed by atoms with Crippen LogP contribution in [-0.2, 0) is 16.1 Å². The molecular formula is C29H24ClN5O6. The molecule has 0 saturated carbocycles. The highest BCUT2D eigenvalue weighted by Gasteiger charge is 2.25. The van der Waals surface area contributed by atoms with Gasteiger partial charge in [-0.1, -0.05) is 23.7 Å². The van der Waals surface area contributed by atoms with E-state index in [0.29, 0.717) is 27.9 Å². The number of hydrogen-bond donors (Lipinski definition) is 1. The molecule has 12 heteroatoms. The van der Waals surface area contributed by atoms with Gasteiger partial charge in [0.25, 0.3) is 0 Å². The van der Waals surface area contributed by atoms with Gasteiger partial charge in [-0.15, -0.1) is 0 Å². The first-order valence-corrected chi connectivity index (χ1v) is 12.6. The van der Waals surface area contributed by atoms with E-state index in [2.05, 4.69) is 22.1 Å². The first kappa shape index (κ1) is 28.9. The number of hydrogen-bond acceptors (Lipinski definition) is 11. The quantitative estimate of drug-likeness (QED) is 0.254. The van der Waals surface area contributed by atoms with Crippen LogP contribution in [0, 0.1) is 22.7 Å². The molecule has 0 amide bonds. The number of oxazole rings is 1. The summed E-state index contributed by atoms with van der Waals surface area (Å²) >= 11 is 5.96. The topological polar surface area (TPSA) is 155 Å². The highest BCUT2D eigenvalue weighted by molar-refractivity contribution is 6.30. The van der Waals surface area contributed by atoms with Gasteiger partial charge in [-0.25, -0.2) is 4.98 Å². The smallest absolute Gasteiger partial charge is 0.325 e. The Labute approximate surface area is 240 Å². The summed E-state index contributed by atoms with van der Waals surface area (Å²) in [5.74, 6) is 0.357. The molecular weight excluding hydrogens is 550 g/mol. The number of aromatic nitrogens is 2. The van der Waals surface area contributed by atoms with Gasteiger partial charge in [0.05, 0.1) is 13.7 Å². The molecule has 0 aliphatic rings. The maximum absolute atomic E-state index is 12.0. The van der Waals surface area contributed by atoms with Gasteiger partial charge in [-0.3, -0.25) is 4.79 Å². The fourth-order valence-corrected chi connectivity index (χ4v) is 4.01. The van der Waals surface area contributed by atoms with Crippen LogP contribution in [-0.4, -0.2) is 55.0 Å². The molecule has 0 fully saturated rings. The number of pyridine rings is 1. The highest BCUT2D eigenvalue weighted by Crippen LogP contribution is 2.38. The third-order valence-electron chi connectivity index (χ3n) is 5.83. The third kappa shape index (κ3) is 6.73. The first-order chi connectivity index (χ1) is 19.9. The molecule has 0 bridgehead atoms. The number of halogens is 1. The molecule has 4 rings (SSSR count). The molecule has 2 aromatic carbocycles. The second kappa shape index (κ2) is 13.3. The number of nitrogens with zero attached hydrogens (tertiary/aromatic N) is 5. The molecule has 11 nitrogen and oxygen atoms in total. The summed E-state index contributed by atoms with van der Waals surface area (Å²) < 4.78 is 21.7. The van der Waals surface area contributed by atoms with Crippen molar-refractivity contribution in [1.29, 1.82) is 10.5 Å². The van der Waals surface area contributed by atoms with Crippen LogP contribution >= 0.6 is 11.6 Å². The number of ether oxygens (including phenoxy) is 3. The summed E-state index contributed by atoms with van der Waals surface area (Å²) in [6.07, 6.45) is 1.43. The van der Waals surface area contributed by atoms with Crippen molar-refractivity contribution in [2.75, 3.05) is 38.8 Å². The largest absolute Gasteiger partial charge is 0.491 e. The van der Waals surface area contributed by atoms with Gasteiger partial charge in [0.2, 0.25) is 11.8 Å². The van der Waals surface area contributed by atoms with Crippen molar-refractivity contribution in [3.05, 3.63) is 76.6 Å². The predicted molar refractivity (Wildman–Crippen MR) is 148 cm³/mol. The Morgan fingerprint density at radius 1 is 1.02 bits per heavy atom. The van der Waals surface area contributed by atoms with Crippen LogP contribution in [0.4, 0.5) is 5.82 Å². The summed E-state index contributed by atoms with van der Waals surface area (Å²) in [7, 11) is 2.83. The van der Waals surface area contributed by atoms with Crippen LogP contribution < -0.4 is 14.4 Å². The number of nitriles is 2. The third-order valence-corrected chi connectivity index (χ3v) is 6.08. The summed E-state index contributed by atoms with van der Waals surface area (Å²) in [6, 6.07) is 17.9. The molecule has 208 valence electrons. The van der Waals surface area contributed by atoms with Crippen LogP contribution in [0.3, 0.4) is 0 Å². The number of benzene rings is 2. The SMILES string of the molecule is COC(=O)CN(C)c1nc(OCc2coc(-c3ccc(Cl)cc3)n2)c(C#N)c(-c2ccc(OCCO)cc2)c1C#N. The van der Waals surface area contributed by atoms with Crippen molar-refractivity contribution in [2.24, 2.45) is 0 Å². The summed E-state index contributed by atoms with van der Waals surface area (Å²) in [6.45, 7) is -0.334. The zero-order chi connectivity index (χ0) is 29.4. The van der Waals surface area contributed by atoms with Gasteiger partial charge in [-0.2, -0.15) is 15.5 Å². The standard InChI is InChI=1S/C29H24ClN5O6/c1-35(15-25(37)38-2)27-23(13-31)26(18-5-9-22(10-6-18)39-12-11-36)24(14-32)29(34-27)41-17-21-16-40-28(33-21)19-3-7-20(30)8-4-19/h3-10,16,36H,11-12,15,17H2,1-2H3. The molecule has 0 aliphatic heterocycles. The minimum absolute atomic E-state index is 0.0159. The number of rotatable bonds is 11. The van der Waals surface area contributed by atoms with E-state index >= 15 is 0 Å². The monoisotopic (exact) mass is 573 g/mol. The molecule has 41 heavy (non-hydrogen) atoms. The van der Waals surface area contributed by atoms with Crippen molar-refractivity contribution < 1.29 is 28.5 Å². The van der Waals surface area contributed by atoms with E-state index in [9.17, 15) is 15.3 Å². The van der Waals surface area contributed by atoms with Crippen molar-refractivity contribution in [1.82, 2.24) is 9.97 Å². The molecule has 0 radical (unpaired) electrons. The van der Waals surface area contributed by atoms with Crippen molar-refractivity contribution in [3.63, 3.8) is 0 Å². The summed E-state index contributed by atoms with van der Waals surface area (Å²) in [5, 5.41) is 29.9. The number of methoxy groups -OCH3 is 1. The van der Waals surface area contributed by atoms with Gasteiger partial charge < -0.3 is 28.6 Å². The van der Waals surface area contributed by atoms with E-state index in [1.54, 1.807) is 55.6 Å². The van der Waals surface area contributed by atoms with E-state index in [-0.39, 0.29) is 54.8 Å². The second-order valence-electron chi connectivity index (χ2n) is 8.56. The van der Waals surface area contributed by atoms with Gasteiger partial charge in [-0.05, 0) is 42.0 Å². The minimum Gasteiger partial charge on any atom is -0.491 e. The minimum atomic E-state index is -0.547. The van der Waals surface area contributed by atoms with Crippen LogP contribution in [0.25, 0.3) is 22.6 Å². The Morgan fingerprint density at radius 3 is 2.34 bits per heavy atom. The van der Waals surface area contributed by atoms with E-state index in [0.717, 1.165) is 5.56 Å². The van der Waals surface area contributed by atoms with E-state index < -0.39 is 5.97 Å². The van der Waals surface area contributed by atoms with Crippen molar-refractivity contribution in [2.45, 2.75) is 6.61 Å². The lowest BCUT2D eigenvalue weighted by molar-refractivity contribution is -0.138. The number of carbonyl (C=O) groups is 1. The number of esters is 1. The van der Waals surface area contributed by atoms with Gasteiger partial charge in [0.15, 0.2) is 5.82 Å². The number of aliphatic hydroxyl groups excluding tert-OH is 1. The lowest BCUT2D eigenvalue weighted by atomic mass is 9.96. The highest BCUT2D eigenvalue weighted by atomic mass is 35.5. The van der Waals surface area contributed by atoms with Crippen LogP contribution in [0.15, 0.2) is 59.2 Å². The molecule has 4 aromatic rings. The van der Waals surface area contributed by atoms with Crippen LogP contribution in [0.2, 0.25) is 5.02 Å². The Hall–Kier alpha value is -5.10. The molecule has 0 aliphatic carbocycles. The molecule has 0 spiro atoms. The zero-order valence-corrected chi connectivity index (χ0v) is 22.9. The molecule has 0 saturated heterocycles. The summed E-state index contributed by atoms with van der Waals surface area (Å²) in [5.41, 5.74) is 2.01. The van der Waals surface area contributed by atoms with E-state index in [1.807, 2.05) is 0 Å². The van der Waals surface area contributed by atoms with E-state index in [4.69, 9.17) is 35.3 Å². The lowest BCUT2D eigenvalue weighted by Crippen LogP contribution is -2.28. The Balaban J connectivity index is 1.74. The van der Waals surface area contributed by atoms with Gasteiger partial charge >= 0.3 is 5.97 Å². The van der Waals surface area contributed by atoms with Crippen molar-refractivity contribution >= 4 is 23.4 Å². The zero-order valence-electron chi connectivity index (χ0n) is 22.1. The second-order valence-corrected chi connectivity index (χ2v) is 8.99. The maximum Gasteiger partial charge on any atom is 0.325 e. The first-order valence-electron chi connectivity index (χ1n) is 12.2. The molecule has 0 unspecified atom stereocenters. The van der Waals surface area contributed by atoms with Crippen molar-refractivity contribution in [3.8, 4) is 46.3 Å². The average Bonchev–Trinajstić information content (AvgIpc) is 3.47. The van der Waals surface area contributed by atoms with Gasteiger partial charge in [0.1, 0.15) is 60.7 Å². The number of aliphatic hydroxyl groups is 1. The average molecular weight is 574 g/mol. The Kier molecular flexibility index (Phi) is 9.38. The van der Waals surface area contributed by atoms with Crippen LogP contribution in [0.1, 0.15) is 16.8 Å². The lowest BCUT2D eigenvalue weighted by Gasteiger charge is -2.22. The fraction of sp³-hybridized carbons (Fsp3) is 0.207. The molecule has 0 atom stereocenters. The summed E-state index contributed by atoms with van der Waals surface area (Å²) in [4.78, 5) is 22.4. The number of anilines is 1. The Bertz CT molecular complexity index is 1610. The molecule has 2 heterocycles. The van der Waals surface area contributed by atoms with Gasteiger partial charge in [0, 0.05) is 23.2 Å². The molecule has 1 N–H and O–H groups in total. The van der Waals surface area contributed by atoms with Crippen LogP contribution in [0.5, 0.6) is 11.6 Å². The normalized spacial score (nSPS) is 10.4. The maximum atomic E-state index is 12.0. The fourth-order valence-electron chi connectivity index (χ4n) is 3.89. The predicted octanol–water partition coefficient (Wildman–Crippen LogP) is 4.36. The number of likely N-dealkylation sites (N-methyl/N-ethyl adjacent to an activating group) is 1. The van der Waals surface area contributed by atoms with E-state index in [1.165, 1.54) is 18.3 Å². The number of carbonyl (C=O) groups excluding carboxylic acids is 1. The molecule has 2 aromatic heterocycles. The Morgan fingerprint density at radius 2 is 1.71 bits per heavy atom.